The first-order chi connectivity index (χ1) is 9.13. The van der Waals surface area contributed by atoms with Gasteiger partial charge in [-0.2, -0.15) is 0 Å². The Bertz CT molecular complexity index is 633. The van der Waals surface area contributed by atoms with E-state index in [9.17, 15) is 8.78 Å². The molecular formula is C14H10BrF2NO. The highest BCUT2D eigenvalue weighted by atomic mass is 79.9. The summed E-state index contributed by atoms with van der Waals surface area (Å²) in [6.45, 7) is 0.393. The van der Waals surface area contributed by atoms with Crippen LogP contribution >= 0.6 is 15.9 Å². The molecule has 2 aromatic carbocycles. The van der Waals surface area contributed by atoms with Crippen LogP contribution in [0.15, 0.2) is 40.9 Å². The quantitative estimate of drug-likeness (QED) is 0.845. The summed E-state index contributed by atoms with van der Waals surface area (Å²) in [5, 5.41) is 3.05. The van der Waals surface area contributed by atoms with Gasteiger partial charge >= 0.3 is 0 Å². The summed E-state index contributed by atoms with van der Waals surface area (Å²) in [6.07, 6.45) is -0.435. The van der Waals surface area contributed by atoms with E-state index in [1.54, 1.807) is 18.2 Å². The van der Waals surface area contributed by atoms with Crippen LogP contribution in [0.5, 0.6) is 5.75 Å². The Kier molecular flexibility index (Phi) is 3.14. The predicted molar refractivity (Wildman–Crippen MR) is 72.4 cm³/mol. The molecule has 1 atom stereocenters. The largest absolute Gasteiger partial charge is 0.482 e. The fraction of sp³-hybridized carbons (Fsp3) is 0.143. The third-order valence-corrected chi connectivity index (χ3v) is 3.49. The van der Waals surface area contributed by atoms with Crippen molar-refractivity contribution < 1.29 is 13.5 Å². The topological polar surface area (TPSA) is 21.3 Å². The highest BCUT2D eigenvalue weighted by Crippen LogP contribution is 2.35. The molecule has 1 unspecified atom stereocenters. The van der Waals surface area contributed by atoms with E-state index in [0.29, 0.717) is 23.5 Å². The molecule has 0 aromatic heterocycles. The molecule has 5 heteroatoms. The number of benzene rings is 2. The fourth-order valence-corrected chi connectivity index (χ4v) is 2.45. The van der Waals surface area contributed by atoms with Crippen molar-refractivity contribution in [1.82, 2.24) is 0 Å². The highest BCUT2D eigenvalue weighted by Gasteiger charge is 2.23. The molecule has 2 aromatic rings. The zero-order valence-electron chi connectivity index (χ0n) is 9.79. The second kappa shape index (κ2) is 4.81. The summed E-state index contributed by atoms with van der Waals surface area (Å²) in [4.78, 5) is 0. The Morgan fingerprint density at radius 3 is 2.84 bits per heavy atom. The summed E-state index contributed by atoms with van der Waals surface area (Å²) < 4.78 is 33.4. The smallest absolute Gasteiger partial charge is 0.144 e. The van der Waals surface area contributed by atoms with Crippen LogP contribution in [0.4, 0.5) is 14.5 Å². The molecule has 19 heavy (non-hydrogen) atoms. The van der Waals surface area contributed by atoms with E-state index in [1.807, 2.05) is 0 Å². The monoisotopic (exact) mass is 325 g/mol. The molecule has 0 spiro atoms. The van der Waals surface area contributed by atoms with Crippen LogP contribution in [0.2, 0.25) is 0 Å². The van der Waals surface area contributed by atoms with Crippen molar-refractivity contribution >= 4 is 21.6 Å². The van der Waals surface area contributed by atoms with Gasteiger partial charge in [-0.05, 0) is 30.3 Å². The minimum atomic E-state index is -0.435. The lowest BCUT2D eigenvalue weighted by Crippen LogP contribution is -2.24. The second-order valence-corrected chi connectivity index (χ2v) is 5.21. The van der Waals surface area contributed by atoms with Gasteiger partial charge in [0.05, 0.1) is 12.2 Å². The van der Waals surface area contributed by atoms with E-state index in [2.05, 4.69) is 21.2 Å². The first-order valence-electron chi connectivity index (χ1n) is 5.78. The lowest BCUT2D eigenvalue weighted by Gasteiger charge is -2.28. The molecule has 1 heterocycles. The molecule has 0 radical (unpaired) electrons. The van der Waals surface area contributed by atoms with Crippen molar-refractivity contribution in [2.75, 3.05) is 11.9 Å². The van der Waals surface area contributed by atoms with Crippen LogP contribution in [0.25, 0.3) is 0 Å². The van der Waals surface area contributed by atoms with Crippen molar-refractivity contribution in [2.24, 2.45) is 0 Å². The van der Waals surface area contributed by atoms with Crippen LogP contribution in [-0.4, -0.2) is 6.54 Å². The Morgan fingerprint density at radius 1 is 1.16 bits per heavy atom. The molecule has 0 fully saturated rings. The zero-order chi connectivity index (χ0) is 13.4. The summed E-state index contributed by atoms with van der Waals surface area (Å²) in [7, 11) is 0. The van der Waals surface area contributed by atoms with Crippen LogP contribution in [-0.2, 0) is 0 Å². The Balaban J connectivity index is 1.93. The van der Waals surface area contributed by atoms with Gasteiger partial charge in [0.2, 0.25) is 0 Å². The molecule has 1 aliphatic heterocycles. The summed E-state index contributed by atoms with van der Waals surface area (Å²) in [5.41, 5.74) is 1.06. The number of nitrogens with one attached hydrogen (secondary N) is 1. The number of rotatable bonds is 1. The lowest BCUT2D eigenvalue weighted by molar-refractivity contribution is 0.205. The van der Waals surface area contributed by atoms with Crippen molar-refractivity contribution in [3.8, 4) is 5.75 Å². The number of hydrogen-bond acceptors (Lipinski definition) is 2. The van der Waals surface area contributed by atoms with E-state index in [1.165, 1.54) is 18.2 Å². The summed E-state index contributed by atoms with van der Waals surface area (Å²) in [5.74, 6) is -0.125. The molecular weight excluding hydrogens is 316 g/mol. The van der Waals surface area contributed by atoms with Gasteiger partial charge < -0.3 is 10.1 Å². The van der Waals surface area contributed by atoms with Crippen molar-refractivity contribution in [3.63, 3.8) is 0 Å². The Labute approximate surface area is 117 Å². The van der Waals surface area contributed by atoms with Crippen LogP contribution in [0.1, 0.15) is 11.7 Å². The molecule has 0 saturated heterocycles. The normalized spacial score (nSPS) is 17.3. The second-order valence-electron chi connectivity index (χ2n) is 4.29. The molecule has 0 aliphatic carbocycles. The van der Waals surface area contributed by atoms with E-state index in [4.69, 9.17) is 4.74 Å². The standard InChI is InChI=1S/C14H10BrF2NO/c15-8-1-3-11(17)10(5-8)14-7-18-12-6-9(16)2-4-13(12)19-14/h1-6,14,18H,7H2. The van der Waals surface area contributed by atoms with Crippen LogP contribution < -0.4 is 10.1 Å². The number of halogens is 3. The van der Waals surface area contributed by atoms with Gasteiger partial charge in [0.1, 0.15) is 23.5 Å². The van der Waals surface area contributed by atoms with E-state index in [0.717, 1.165) is 4.47 Å². The van der Waals surface area contributed by atoms with Gasteiger partial charge in [0.25, 0.3) is 0 Å². The Morgan fingerprint density at radius 2 is 2.00 bits per heavy atom. The van der Waals surface area contributed by atoms with E-state index >= 15 is 0 Å². The average Bonchev–Trinajstić information content (AvgIpc) is 2.41. The zero-order valence-corrected chi connectivity index (χ0v) is 11.4. The van der Waals surface area contributed by atoms with Gasteiger partial charge in [-0.3, -0.25) is 0 Å². The van der Waals surface area contributed by atoms with Gasteiger partial charge in [-0.25, -0.2) is 8.78 Å². The molecule has 0 amide bonds. The van der Waals surface area contributed by atoms with Gasteiger partial charge in [-0.15, -0.1) is 0 Å². The summed E-state index contributed by atoms with van der Waals surface area (Å²) in [6, 6.07) is 8.94. The van der Waals surface area contributed by atoms with E-state index in [-0.39, 0.29) is 11.6 Å². The maximum absolute atomic E-state index is 13.8. The third-order valence-electron chi connectivity index (χ3n) is 2.99. The molecule has 1 N–H and O–H groups in total. The average molecular weight is 326 g/mol. The van der Waals surface area contributed by atoms with Crippen LogP contribution in [0.3, 0.4) is 0 Å². The lowest BCUT2D eigenvalue weighted by atomic mass is 10.1. The molecule has 0 saturated carbocycles. The molecule has 3 rings (SSSR count). The van der Waals surface area contributed by atoms with Gasteiger partial charge in [0, 0.05) is 16.1 Å². The maximum atomic E-state index is 13.8. The molecule has 98 valence electrons. The third kappa shape index (κ3) is 2.42. The Hall–Kier alpha value is -1.62. The van der Waals surface area contributed by atoms with E-state index < -0.39 is 6.10 Å². The SMILES string of the molecule is Fc1ccc2c(c1)NCC(c1cc(Br)ccc1F)O2. The predicted octanol–water partition coefficient (Wildman–Crippen LogP) is 4.27. The molecule has 2 nitrogen and oxygen atoms in total. The summed E-state index contributed by atoms with van der Waals surface area (Å²) >= 11 is 3.31. The molecule has 0 bridgehead atoms. The van der Waals surface area contributed by atoms with Gasteiger partial charge in [0.15, 0.2) is 0 Å². The number of fused-ring (bicyclic) bond motifs is 1. The fourth-order valence-electron chi connectivity index (χ4n) is 2.08. The minimum Gasteiger partial charge on any atom is -0.482 e. The van der Waals surface area contributed by atoms with Crippen molar-refractivity contribution in [3.05, 3.63) is 58.1 Å². The highest BCUT2D eigenvalue weighted by molar-refractivity contribution is 9.10. The van der Waals surface area contributed by atoms with Crippen molar-refractivity contribution in [2.45, 2.75) is 6.10 Å². The first-order valence-corrected chi connectivity index (χ1v) is 6.58. The van der Waals surface area contributed by atoms with Crippen LogP contribution in [0, 0.1) is 11.6 Å². The number of ether oxygens (including phenoxy) is 1. The van der Waals surface area contributed by atoms with Gasteiger partial charge in [-0.1, -0.05) is 15.9 Å². The minimum absolute atomic E-state index is 0.319. The number of anilines is 1. The maximum Gasteiger partial charge on any atom is 0.144 e. The molecule has 1 aliphatic rings. The van der Waals surface area contributed by atoms with Crippen molar-refractivity contribution in [1.29, 1.82) is 0 Å². The first kappa shape index (κ1) is 12.4. The number of hydrogen-bond donors (Lipinski definition) is 1.